The van der Waals surface area contributed by atoms with E-state index in [4.69, 9.17) is 0 Å². The first-order valence-electron chi connectivity index (χ1n) is 5.89. The zero-order valence-electron chi connectivity index (χ0n) is 10.4. The Balaban J connectivity index is 0.000000606. The molecule has 0 spiro atoms. The molecule has 1 aromatic rings. The molecule has 1 N–H and O–H groups in total. The topological polar surface area (TPSA) is 27.6 Å². The molecular weight excluding hydrogens is 198 g/mol. The number of hydrogen-bond donors (Lipinski definition) is 1. The number of benzene rings is 1. The fraction of sp³-hybridized carbons (Fsp3) is 0.462. The molecule has 3 nitrogen and oxygen atoms in total. The summed E-state index contributed by atoms with van der Waals surface area (Å²) in [5, 5.41) is 3.25. The highest BCUT2D eigenvalue weighted by Gasteiger charge is 2.16. The van der Waals surface area contributed by atoms with Gasteiger partial charge in [0.2, 0.25) is 0 Å². The Bertz CT molecular complexity index is 319. The zero-order valence-corrected chi connectivity index (χ0v) is 10.4. The molecule has 1 aliphatic heterocycles. The Morgan fingerprint density at radius 2 is 1.94 bits per heavy atom. The zero-order chi connectivity index (χ0) is 11.8. The maximum absolute atomic E-state index is 4.20. The number of nitrogens with one attached hydrogen (secondary N) is 1. The van der Waals surface area contributed by atoms with E-state index in [1.807, 2.05) is 27.0 Å². The Labute approximate surface area is 98.2 Å². The van der Waals surface area contributed by atoms with Gasteiger partial charge in [-0.1, -0.05) is 44.2 Å². The van der Waals surface area contributed by atoms with Gasteiger partial charge < -0.3 is 10.2 Å². The van der Waals surface area contributed by atoms with Crippen LogP contribution in [0.3, 0.4) is 0 Å². The summed E-state index contributed by atoms with van der Waals surface area (Å²) in [7, 11) is 1.83. The summed E-state index contributed by atoms with van der Waals surface area (Å²) >= 11 is 0. The van der Waals surface area contributed by atoms with Crippen molar-refractivity contribution in [2.75, 3.05) is 20.1 Å². The lowest BCUT2D eigenvalue weighted by Gasteiger charge is -2.16. The summed E-state index contributed by atoms with van der Waals surface area (Å²) in [6, 6.07) is 10.5. The molecule has 1 aliphatic rings. The molecule has 1 fully saturated rings. The molecule has 16 heavy (non-hydrogen) atoms. The average molecular weight is 219 g/mol. The summed E-state index contributed by atoms with van der Waals surface area (Å²) in [6.45, 7) is 6.99. The fourth-order valence-corrected chi connectivity index (χ4v) is 1.70. The average Bonchev–Trinajstić information content (AvgIpc) is 2.80. The van der Waals surface area contributed by atoms with Crippen molar-refractivity contribution in [3.63, 3.8) is 0 Å². The van der Waals surface area contributed by atoms with E-state index >= 15 is 0 Å². The van der Waals surface area contributed by atoms with Gasteiger partial charge >= 0.3 is 0 Å². The Morgan fingerprint density at radius 3 is 2.56 bits per heavy atom. The number of guanidine groups is 1. The monoisotopic (exact) mass is 219 g/mol. The van der Waals surface area contributed by atoms with E-state index in [2.05, 4.69) is 39.5 Å². The second-order valence-electron chi connectivity index (χ2n) is 3.38. The van der Waals surface area contributed by atoms with Gasteiger partial charge in [-0.2, -0.15) is 0 Å². The highest BCUT2D eigenvalue weighted by molar-refractivity contribution is 5.81. The first-order valence-corrected chi connectivity index (χ1v) is 5.89. The Kier molecular flexibility index (Phi) is 5.40. The molecule has 88 valence electrons. The van der Waals surface area contributed by atoms with Gasteiger partial charge in [0.05, 0.1) is 0 Å². The molecule has 0 atom stereocenters. The molecule has 0 bridgehead atoms. The van der Waals surface area contributed by atoms with Crippen LogP contribution in [0.25, 0.3) is 0 Å². The van der Waals surface area contributed by atoms with Gasteiger partial charge in [-0.15, -0.1) is 0 Å². The van der Waals surface area contributed by atoms with Gasteiger partial charge in [0, 0.05) is 26.7 Å². The van der Waals surface area contributed by atoms with Gasteiger partial charge in [-0.05, 0) is 5.56 Å². The van der Waals surface area contributed by atoms with E-state index in [-0.39, 0.29) is 0 Å². The van der Waals surface area contributed by atoms with Crippen molar-refractivity contribution < 1.29 is 0 Å². The van der Waals surface area contributed by atoms with Crippen molar-refractivity contribution in [3.05, 3.63) is 35.9 Å². The van der Waals surface area contributed by atoms with E-state index in [1.54, 1.807) is 0 Å². The molecule has 1 aromatic carbocycles. The first-order chi connectivity index (χ1) is 7.90. The number of aliphatic imine (C=N–C) groups is 1. The van der Waals surface area contributed by atoms with E-state index in [0.29, 0.717) is 0 Å². The highest BCUT2D eigenvalue weighted by atomic mass is 15.3. The van der Waals surface area contributed by atoms with Crippen molar-refractivity contribution in [2.45, 2.75) is 20.4 Å². The van der Waals surface area contributed by atoms with Gasteiger partial charge in [-0.3, -0.25) is 4.99 Å². The van der Waals surface area contributed by atoms with Gasteiger partial charge in [0.1, 0.15) is 0 Å². The van der Waals surface area contributed by atoms with Crippen LogP contribution in [-0.4, -0.2) is 31.0 Å². The molecule has 1 saturated heterocycles. The van der Waals surface area contributed by atoms with Crippen LogP contribution in [0, 0.1) is 0 Å². The second-order valence-corrected chi connectivity index (χ2v) is 3.38. The maximum Gasteiger partial charge on any atom is 0.194 e. The SMILES string of the molecule is CC.CN=C1NCCN1Cc1ccccc1. The lowest BCUT2D eigenvalue weighted by atomic mass is 10.2. The molecular formula is C13H21N3. The summed E-state index contributed by atoms with van der Waals surface area (Å²) in [5.74, 6) is 1.01. The van der Waals surface area contributed by atoms with Gasteiger partial charge in [0.25, 0.3) is 0 Å². The van der Waals surface area contributed by atoms with Crippen molar-refractivity contribution >= 4 is 5.96 Å². The van der Waals surface area contributed by atoms with E-state index < -0.39 is 0 Å². The van der Waals surface area contributed by atoms with Crippen LogP contribution in [-0.2, 0) is 6.54 Å². The van der Waals surface area contributed by atoms with Crippen LogP contribution in [0.1, 0.15) is 19.4 Å². The lowest BCUT2D eigenvalue weighted by Crippen LogP contribution is -2.29. The molecule has 2 rings (SSSR count). The first kappa shape index (κ1) is 12.6. The number of nitrogens with zero attached hydrogens (tertiary/aromatic N) is 2. The molecule has 0 aromatic heterocycles. The molecule has 1 heterocycles. The summed E-state index contributed by atoms with van der Waals surface area (Å²) in [6.07, 6.45) is 0. The summed E-state index contributed by atoms with van der Waals surface area (Å²) in [4.78, 5) is 6.46. The van der Waals surface area contributed by atoms with Crippen LogP contribution in [0.5, 0.6) is 0 Å². The Morgan fingerprint density at radius 1 is 1.25 bits per heavy atom. The van der Waals surface area contributed by atoms with Gasteiger partial charge in [-0.25, -0.2) is 0 Å². The van der Waals surface area contributed by atoms with E-state index in [0.717, 1.165) is 25.6 Å². The van der Waals surface area contributed by atoms with E-state index in [9.17, 15) is 0 Å². The molecule has 0 aliphatic carbocycles. The minimum absolute atomic E-state index is 0.945. The van der Waals surface area contributed by atoms with Crippen LogP contribution in [0.15, 0.2) is 35.3 Å². The standard InChI is InChI=1S/C11H15N3.C2H6/c1-12-11-13-7-8-14(11)9-10-5-3-2-4-6-10;1-2/h2-6H,7-9H2,1H3,(H,12,13);1-2H3. The maximum atomic E-state index is 4.20. The van der Waals surface area contributed by atoms with Crippen molar-refractivity contribution in [2.24, 2.45) is 4.99 Å². The van der Waals surface area contributed by atoms with E-state index in [1.165, 1.54) is 5.56 Å². The molecule has 0 unspecified atom stereocenters. The Hall–Kier alpha value is -1.51. The smallest absolute Gasteiger partial charge is 0.194 e. The van der Waals surface area contributed by atoms with Crippen LogP contribution in [0.2, 0.25) is 0 Å². The van der Waals surface area contributed by atoms with Crippen molar-refractivity contribution in [1.82, 2.24) is 10.2 Å². The number of hydrogen-bond acceptors (Lipinski definition) is 1. The van der Waals surface area contributed by atoms with Crippen LogP contribution >= 0.6 is 0 Å². The van der Waals surface area contributed by atoms with Crippen molar-refractivity contribution in [3.8, 4) is 0 Å². The molecule has 0 amide bonds. The molecule has 3 heteroatoms. The minimum Gasteiger partial charge on any atom is -0.354 e. The third kappa shape index (κ3) is 3.26. The fourth-order valence-electron chi connectivity index (χ4n) is 1.70. The third-order valence-corrected chi connectivity index (χ3v) is 2.39. The minimum atomic E-state index is 0.945. The van der Waals surface area contributed by atoms with Crippen LogP contribution in [0.4, 0.5) is 0 Å². The third-order valence-electron chi connectivity index (χ3n) is 2.39. The van der Waals surface area contributed by atoms with Gasteiger partial charge in [0.15, 0.2) is 5.96 Å². The number of rotatable bonds is 2. The molecule has 0 radical (unpaired) electrons. The summed E-state index contributed by atoms with van der Waals surface area (Å²) in [5.41, 5.74) is 1.33. The predicted octanol–water partition coefficient (Wildman–Crippen LogP) is 2.10. The quantitative estimate of drug-likeness (QED) is 0.825. The second kappa shape index (κ2) is 6.88. The largest absolute Gasteiger partial charge is 0.354 e. The molecule has 0 saturated carbocycles. The summed E-state index contributed by atoms with van der Waals surface area (Å²) < 4.78 is 0. The lowest BCUT2D eigenvalue weighted by molar-refractivity contribution is 0.456. The predicted molar refractivity (Wildman–Crippen MR) is 69.6 cm³/mol. The normalized spacial score (nSPS) is 16.7. The highest BCUT2D eigenvalue weighted by Crippen LogP contribution is 2.06. The van der Waals surface area contributed by atoms with Crippen LogP contribution < -0.4 is 5.32 Å². The van der Waals surface area contributed by atoms with Crippen molar-refractivity contribution in [1.29, 1.82) is 0 Å².